The summed E-state index contributed by atoms with van der Waals surface area (Å²) < 4.78 is 0. The van der Waals surface area contributed by atoms with Crippen molar-refractivity contribution in [3.05, 3.63) is 48.4 Å². The highest BCUT2D eigenvalue weighted by Gasteiger charge is 2.20. The first-order chi connectivity index (χ1) is 10.4. The molecule has 0 bridgehead atoms. The van der Waals surface area contributed by atoms with E-state index in [1.54, 1.807) is 6.20 Å². The van der Waals surface area contributed by atoms with Crippen molar-refractivity contribution >= 4 is 5.91 Å². The number of carbonyl (C=O) groups excluding carboxylic acids is 1. The molecule has 4 heteroatoms. The SMILES string of the molecule is O=C(c1ccccc1-c1ccncn1)N1CCCCCC1. The summed E-state index contributed by atoms with van der Waals surface area (Å²) >= 11 is 0. The minimum atomic E-state index is 0.117. The Hall–Kier alpha value is -2.23. The second-order valence-electron chi connectivity index (χ2n) is 5.35. The normalized spacial score (nSPS) is 15.5. The van der Waals surface area contributed by atoms with Gasteiger partial charge in [-0.25, -0.2) is 9.97 Å². The second kappa shape index (κ2) is 6.48. The van der Waals surface area contributed by atoms with Crippen LogP contribution < -0.4 is 0 Å². The number of amides is 1. The summed E-state index contributed by atoms with van der Waals surface area (Å²) in [4.78, 5) is 23.0. The highest BCUT2D eigenvalue weighted by atomic mass is 16.2. The molecule has 0 saturated carbocycles. The molecule has 21 heavy (non-hydrogen) atoms. The number of nitrogens with zero attached hydrogens (tertiary/aromatic N) is 3. The van der Waals surface area contributed by atoms with Crippen molar-refractivity contribution in [2.75, 3.05) is 13.1 Å². The standard InChI is InChI=1S/C17H19N3O/c21-17(20-11-5-1-2-6-12-20)15-8-4-3-7-14(15)16-9-10-18-13-19-16/h3-4,7-10,13H,1-2,5-6,11-12H2. The first kappa shape index (κ1) is 13.7. The fourth-order valence-corrected chi connectivity index (χ4v) is 2.79. The zero-order valence-corrected chi connectivity index (χ0v) is 12.0. The van der Waals surface area contributed by atoms with Crippen molar-refractivity contribution < 1.29 is 4.79 Å². The number of rotatable bonds is 2. The third-order valence-corrected chi connectivity index (χ3v) is 3.91. The largest absolute Gasteiger partial charge is 0.339 e. The van der Waals surface area contributed by atoms with Gasteiger partial charge in [-0.1, -0.05) is 31.0 Å². The summed E-state index contributed by atoms with van der Waals surface area (Å²) in [6.07, 6.45) is 7.86. The molecule has 0 radical (unpaired) electrons. The number of benzene rings is 1. The molecular weight excluding hydrogens is 262 g/mol. The van der Waals surface area contributed by atoms with Crippen LogP contribution in [-0.2, 0) is 0 Å². The lowest BCUT2D eigenvalue weighted by atomic mass is 10.0. The van der Waals surface area contributed by atoms with Crippen molar-refractivity contribution in [1.82, 2.24) is 14.9 Å². The van der Waals surface area contributed by atoms with Gasteiger partial charge in [0.2, 0.25) is 0 Å². The smallest absolute Gasteiger partial charge is 0.254 e. The van der Waals surface area contributed by atoms with E-state index in [9.17, 15) is 4.79 Å². The van der Waals surface area contributed by atoms with E-state index in [1.807, 2.05) is 35.2 Å². The van der Waals surface area contributed by atoms with Crippen LogP contribution in [0.1, 0.15) is 36.0 Å². The van der Waals surface area contributed by atoms with Crippen molar-refractivity contribution in [3.63, 3.8) is 0 Å². The monoisotopic (exact) mass is 281 g/mol. The van der Waals surface area contributed by atoms with Gasteiger partial charge in [0.05, 0.1) is 5.69 Å². The number of hydrogen-bond donors (Lipinski definition) is 0. The molecule has 0 aliphatic carbocycles. The quantitative estimate of drug-likeness (QED) is 0.849. The van der Waals surface area contributed by atoms with Gasteiger partial charge in [0, 0.05) is 30.4 Å². The lowest BCUT2D eigenvalue weighted by molar-refractivity contribution is 0.0762. The van der Waals surface area contributed by atoms with Gasteiger partial charge >= 0.3 is 0 Å². The van der Waals surface area contributed by atoms with Crippen molar-refractivity contribution in [2.45, 2.75) is 25.7 Å². The molecule has 1 fully saturated rings. The maximum Gasteiger partial charge on any atom is 0.254 e. The van der Waals surface area contributed by atoms with Gasteiger partial charge in [-0.15, -0.1) is 0 Å². The second-order valence-corrected chi connectivity index (χ2v) is 5.35. The molecule has 1 aromatic carbocycles. The maximum absolute atomic E-state index is 12.8. The molecule has 1 aliphatic heterocycles. The van der Waals surface area contributed by atoms with Crippen LogP contribution in [0.5, 0.6) is 0 Å². The summed E-state index contributed by atoms with van der Waals surface area (Å²) in [6.45, 7) is 1.72. The highest BCUT2D eigenvalue weighted by molar-refractivity contribution is 6.00. The number of hydrogen-bond acceptors (Lipinski definition) is 3. The van der Waals surface area contributed by atoms with Gasteiger partial charge in [-0.05, 0) is 25.0 Å². The molecule has 1 saturated heterocycles. The first-order valence-electron chi connectivity index (χ1n) is 7.51. The van der Waals surface area contributed by atoms with Crippen LogP contribution in [0.2, 0.25) is 0 Å². The molecule has 4 nitrogen and oxygen atoms in total. The molecule has 0 spiro atoms. The van der Waals surface area contributed by atoms with E-state index in [0.717, 1.165) is 42.8 Å². The van der Waals surface area contributed by atoms with E-state index in [2.05, 4.69) is 9.97 Å². The van der Waals surface area contributed by atoms with Crippen LogP contribution in [0.4, 0.5) is 0 Å². The van der Waals surface area contributed by atoms with Gasteiger partial charge < -0.3 is 4.90 Å². The van der Waals surface area contributed by atoms with Crippen molar-refractivity contribution in [1.29, 1.82) is 0 Å². The lowest BCUT2D eigenvalue weighted by Gasteiger charge is -2.21. The number of carbonyl (C=O) groups is 1. The maximum atomic E-state index is 12.8. The van der Waals surface area contributed by atoms with Crippen LogP contribution in [0.25, 0.3) is 11.3 Å². The van der Waals surface area contributed by atoms with E-state index in [1.165, 1.54) is 19.2 Å². The van der Waals surface area contributed by atoms with Crippen LogP contribution in [0.3, 0.4) is 0 Å². The molecular formula is C17H19N3O. The van der Waals surface area contributed by atoms with Gasteiger partial charge in [-0.3, -0.25) is 4.79 Å². The Kier molecular flexibility index (Phi) is 4.24. The highest BCUT2D eigenvalue weighted by Crippen LogP contribution is 2.23. The zero-order valence-electron chi connectivity index (χ0n) is 12.0. The van der Waals surface area contributed by atoms with Gasteiger partial charge in [-0.2, -0.15) is 0 Å². The van der Waals surface area contributed by atoms with E-state index in [0.29, 0.717) is 0 Å². The van der Waals surface area contributed by atoms with E-state index in [4.69, 9.17) is 0 Å². The summed E-state index contributed by atoms with van der Waals surface area (Å²) in [5.41, 5.74) is 2.41. The third-order valence-electron chi connectivity index (χ3n) is 3.91. The Morgan fingerprint density at radius 3 is 2.48 bits per heavy atom. The summed E-state index contributed by atoms with van der Waals surface area (Å²) in [6, 6.07) is 9.54. The Morgan fingerprint density at radius 1 is 1.00 bits per heavy atom. The van der Waals surface area contributed by atoms with Gasteiger partial charge in [0.25, 0.3) is 5.91 Å². The fourth-order valence-electron chi connectivity index (χ4n) is 2.79. The molecule has 1 aliphatic rings. The minimum absolute atomic E-state index is 0.117. The molecule has 1 amide bonds. The predicted molar refractivity (Wildman–Crippen MR) is 81.8 cm³/mol. The Morgan fingerprint density at radius 2 is 1.76 bits per heavy atom. The van der Waals surface area contributed by atoms with Crippen LogP contribution in [-0.4, -0.2) is 33.9 Å². The Bertz CT molecular complexity index is 604. The molecule has 108 valence electrons. The topological polar surface area (TPSA) is 46.1 Å². The van der Waals surface area contributed by atoms with Crippen molar-refractivity contribution in [3.8, 4) is 11.3 Å². The first-order valence-corrected chi connectivity index (χ1v) is 7.51. The molecule has 0 unspecified atom stereocenters. The summed E-state index contributed by atoms with van der Waals surface area (Å²) in [5.74, 6) is 0.117. The molecule has 3 rings (SSSR count). The Balaban J connectivity index is 1.93. The molecule has 0 N–H and O–H groups in total. The molecule has 1 aromatic heterocycles. The van der Waals surface area contributed by atoms with Gasteiger partial charge in [0.1, 0.15) is 6.33 Å². The van der Waals surface area contributed by atoms with E-state index < -0.39 is 0 Å². The average Bonchev–Trinajstić information content (AvgIpc) is 2.84. The summed E-state index contributed by atoms with van der Waals surface area (Å²) in [5, 5.41) is 0. The zero-order chi connectivity index (χ0) is 14.5. The van der Waals surface area contributed by atoms with Crippen LogP contribution >= 0.6 is 0 Å². The van der Waals surface area contributed by atoms with Crippen LogP contribution in [0, 0.1) is 0 Å². The third kappa shape index (κ3) is 3.10. The Labute approximate surface area is 124 Å². The van der Waals surface area contributed by atoms with Crippen LogP contribution in [0.15, 0.2) is 42.9 Å². The molecule has 2 heterocycles. The van der Waals surface area contributed by atoms with Gasteiger partial charge in [0.15, 0.2) is 0 Å². The van der Waals surface area contributed by atoms with E-state index >= 15 is 0 Å². The fraction of sp³-hybridized carbons (Fsp3) is 0.353. The van der Waals surface area contributed by atoms with Crippen molar-refractivity contribution in [2.24, 2.45) is 0 Å². The minimum Gasteiger partial charge on any atom is -0.339 e. The number of likely N-dealkylation sites (tertiary alicyclic amines) is 1. The predicted octanol–water partition coefficient (Wildman–Crippen LogP) is 3.16. The molecule has 2 aromatic rings. The number of aromatic nitrogens is 2. The van der Waals surface area contributed by atoms with E-state index in [-0.39, 0.29) is 5.91 Å². The summed E-state index contributed by atoms with van der Waals surface area (Å²) in [7, 11) is 0. The molecule has 0 atom stereocenters. The lowest BCUT2D eigenvalue weighted by Crippen LogP contribution is -2.32. The average molecular weight is 281 g/mol.